The van der Waals surface area contributed by atoms with E-state index in [0.717, 1.165) is 16.8 Å². The standard InChI is InChI=1S/C28H35N5O4/c1-27(2,29)25(35)30-22(18-37-17-21-12-8-5-9-13-21)24(34)33-15-14-23-28(19-33,26(36)32(3)31-23)16-20-10-6-4-7-11-20/h4-13,22H,14-19,29H2,1-3H3,(H,30,35)/t22-,28+/m1/s1. The summed E-state index contributed by atoms with van der Waals surface area (Å²) in [5.74, 6) is -0.892. The number of hydrazone groups is 1. The zero-order valence-electron chi connectivity index (χ0n) is 21.6. The van der Waals surface area contributed by atoms with Gasteiger partial charge in [-0.25, -0.2) is 5.01 Å². The maximum atomic E-state index is 13.8. The average Bonchev–Trinajstić information content (AvgIpc) is 3.12. The van der Waals surface area contributed by atoms with Crippen LogP contribution in [0.15, 0.2) is 65.8 Å². The smallest absolute Gasteiger partial charge is 0.256 e. The fourth-order valence-electron chi connectivity index (χ4n) is 4.82. The first-order chi connectivity index (χ1) is 17.6. The van der Waals surface area contributed by atoms with Crippen LogP contribution in [0.1, 0.15) is 31.4 Å². The molecule has 0 saturated carbocycles. The number of nitrogens with one attached hydrogen (secondary N) is 1. The van der Waals surface area contributed by atoms with E-state index in [4.69, 9.17) is 10.5 Å². The van der Waals surface area contributed by atoms with Crippen molar-refractivity contribution < 1.29 is 19.1 Å². The van der Waals surface area contributed by atoms with Crippen molar-refractivity contribution in [3.63, 3.8) is 0 Å². The van der Waals surface area contributed by atoms with Gasteiger partial charge in [-0.3, -0.25) is 14.4 Å². The molecule has 1 fully saturated rings. The third-order valence-electron chi connectivity index (χ3n) is 6.85. The van der Waals surface area contributed by atoms with Crippen LogP contribution >= 0.6 is 0 Å². The minimum Gasteiger partial charge on any atom is -0.374 e. The van der Waals surface area contributed by atoms with E-state index in [1.807, 2.05) is 60.7 Å². The molecule has 0 radical (unpaired) electrons. The van der Waals surface area contributed by atoms with Crippen LogP contribution in [0.25, 0.3) is 0 Å². The molecule has 2 aromatic carbocycles. The molecule has 2 heterocycles. The highest BCUT2D eigenvalue weighted by Crippen LogP contribution is 2.38. The number of benzene rings is 2. The van der Waals surface area contributed by atoms with Crippen LogP contribution in [0.3, 0.4) is 0 Å². The van der Waals surface area contributed by atoms with Crippen LogP contribution < -0.4 is 11.1 Å². The lowest BCUT2D eigenvalue weighted by Crippen LogP contribution is -2.61. The lowest BCUT2D eigenvalue weighted by atomic mass is 9.73. The molecule has 4 rings (SSSR count). The molecule has 196 valence electrons. The second-order valence-corrected chi connectivity index (χ2v) is 10.4. The second-order valence-electron chi connectivity index (χ2n) is 10.4. The van der Waals surface area contributed by atoms with E-state index in [9.17, 15) is 14.4 Å². The Labute approximate surface area is 217 Å². The number of piperidine rings is 1. The molecular formula is C28H35N5O4. The lowest BCUT2D eigenvalue weighted by molar-refractivity contribution is -0.143. The Balaban J connectivity index is 1.54. The van der Waals surface area contributed by atoms with Gasteiger partial charge in [0.2, 0.25) is 11.8 Å². The molecule has 3 N–H and O–H groups in total. The zero-order chi connectivity index (χ0) is 26.6. The van der Waals surface area contributed by atoms with Crippen molar-refractivity contribution in [3.05, 3.63) is 71.8 Å². The molecule has 0 spiro atoms. The highest BCUT2D eigenvalue weighted by molar-refractivity contribution is 6.13. The number of carbonyl (C=O) groups excluding carboxylic acids is 3. The summed E-state index contributed by atoms with van der Waals surface area (Å²) in [6.07, 6.45) is 0.916. The topological polar surface area (TPSA) is 117 Å². The Hall–Kier alpha value is -3.56. The summed E-state index contributed by atoms with van der Waals surface area (Å²) in [7, 11) is 1.65. The van der Waals surface area contributed by atoms with E-state index in [2.05, 4.69) is 10.4 Å². The number of nitrogens with zero attached hydrogens (tertiary/aromatic N) is 3. The molecule has 2 aliphatic heterocycles. The van der Waals surface area contributed by atoms with Gasteiger partial charge in [-0.1, -0.05) is 60.7 Å². The van der Waals surface area contributed by atoms with Crippen molar-refractivity contribution in [1.29, 1.82) is 0 Å². The van der Waals surface area contributed by atoms with Crippen molar-refractivity contribution in [2.45, 2.75) is 44.9 Å². The summed E-state index contributed by atoms with van der Waals surface area (Å²) in [5.41, 5.74) is 6.63. The maximum absolute atomic E-state index is 13.8. The Morgan fingerprint density at radius 3 is 2.35 bits per heavy atom. The molecule has 1 saturated heterocycles. The number of rotatable bonds is 9. The number of fused-ring (bicyclic) bond motifs is 1. The molecule has 2 atom stereocenters. The summed E-state index contributed by atoms with van der Waals surface area (Å²) >= 11 is 0. The first-order valence-electron chi connectivity index (χ1n) is 12.5. The maximum Gasteiger partial charge on any atom is 0.256 e. The molecule has 0 unspecified atom stereocenters. The molecule has 37 heavy (non-hydrogen) atoms. The van der Waals surface area contributed by atoms with Gasteiger partial charge in [-0.15, -0.1) is 0 Å². The zero-order valence-corrected chi connectivity index (χ0v) is 21.6. The van der Waals surface area contributed by atoms with Gasteiger partial charge < -0.3 is 20.7 Å². The fourth-order valence-corrected chi connectivity index (χ4v) is 4.82. The first-order valence-corrected chi connectivity index (χ1v) is 12.5. The van der Waals surface area contributed by atoms with Crippen molar-refractivity contribution in [2.75, 3.05) is 26.7 Å². The predicted molar refractivity (Wildman–Crippen MR) is 140 cm³/mol. The van der Waals surface area contributed by atoms with Crippen LogP contribution in [-0.4, -0.2) is 71.7 Å². The van der Waals surface area contributed by atoms with E-state index in [-0.39, 0.29) is 25.0 Å². The first kappa shape index (κ1) is 26.5. The SMILES string of the molecule is CN1N=C2CCN(C(=O)[C@@H](COCc3ccccc3)NC(=O)C(C)(C)N)C[C@]2(Cc2ccccc2)C1=O. The second kappa shape index (κ2) is 10.8. The number of hydrogen-bond acceptors (Lipinski definition) is 6. The number of carbonyl (C=O) groups is 3. The Kier molecular flexibility index (Phi) is 7.75. The summed E-state index contributed by atoms with van der Waals surface area (Å²) in [5, 5.41) is 8.67. The van der Waals surface area contributed by atoms with Gasteiger partial charge in [0.25, 0.3) is 5.91 Å². The van der Waals surface area contributed by atoms with E-state index in [1.54, 1.807) is 25.8 Å². The van der Waals surface area contributed by atoms with Crippen molar-refractivity contribution >= 4 is 23.4 Å². The molecule has 0 aromatic heterocycles. The van der Waals surface area contributed by atoms with Gasteiger partial charge in [0.05, 0.1) is 24.5 Å². The predicted octanol–water partition coefficient (Wildman–Crippen LogP) is 1.71. The number of nitrogens with two attached hydrogens (primary N) is 1. The molecule has 0 bridgehead atoms. The normalized spacial score (nSPS) is 20.3. The fraction of sp³-hybridized carbons (Fsp3) is 0.429. The van der Waals surface area contributed by atoms with Crippen molar-refractivity contribution in [1.82, 2.24) is 15.2 Å². The summed E-state index contributed by atoms with van der Waals surface area (Å²) in [6.45, 7) is 4.02. The molecule has 3 amide bonds. The number of ether oxygens (including phenoxy) is 1. The van der Waals surface area contributed by atoms with Crippen LogP contribution in [0.4, 0.5) is 0 Å². The summed E-state index contributed by atoms with van der Waals surface area (Å²) in [4.78, 5) is 41.6. The van der Waals surface area contributed by atoms with E-state index in [0.29, 0.717) is 26.0 Å². The largest absolute Gasteiger partial charge is 0.374 e. The third kappa shape index (κ3) is 5.89. The Morgan fingerprint density at radius 1 is 1.11 bits per heavy atom. The third-order valence-corrected chi connectivity index (χ3v) is 6.85. The van der Waals surface area contributed by atoms with Gasteiger partial charge in [0, 0.05) is 26.6 Å². The van der Waals surface area contributed by atoms with E-state index >= 15 is 0 Å². The molecular weight excluding hydrogens is 470 g/mol. The van der Waals surface area contributed by atoms with Gasteiger partial charge in [-0.05, 0) is 31.4 Å². The quantitative estimate of drug-likeness (QED) is 0.538. The number of hydrogen-bond donors (Lipinski definition) is 2. The van der Waals surface area contributed by atoms with Crippen molar-refractivity contribution in [3.8, 4) is 0 Å². The van der Waals surface area contributed by atoms with Gasteiger partial charge in [-0.2, -0.15) is 5.10 Å². The van der Waals surface area contributed by atoms with Gasteiger partial charge in [0.15, 0.2) is 0 Å². The average molecular weight is 506 g/mol. The summed E-state index contributed by atoms with van der Waals surface area (Å²) in [6, 6.07) is 18.4. The summed E-state index contributed by atoms with van der Waals surface area (Å²) < 4.78 is 5.85. The lowest BCUT2D eigenvalue weighted by Gasteiger charge is -2.40. The Morgan fingerprint density at radius 2 is 1.73 bits per heavy atom. The van der Waals surface area contributed by atoms with Gasteiger partial charge >= 0.3 is 0 Å². The van der Waals surface area contributed by atoms with Crippen LogP contribution in [0, 0.1) is 5.41 Å². The van der Waals surface area contributed by atoms with Crippen molar-refractivity contribution in [2.24, 2.45) is 16.3 Å². The highest BCUT2D eigenvalue weighted by atomic mass is 16.5. The Bertz CT molecular complexity index is 1160. The highest BCUT2D eigenvalue weighted by Gasteiger charge is 2.54. The number of amides is 3. The molecule has 0 aliphatic carbocycles. The molecule has 2 aromatic rings. The molecule has 2 aliphatic rings. The molecule has 9 heteroatoms. The van der Waals surface area contributed by atoms with Gasteiger partial charge in [0.1, 0.15) is 11.5 Å². The monoisotopic (exact) mass is 505 g/mol. The van der Waals surface area contributed by atoms with Crippen LogP contribution in [0.5, 0.6) is 0 Å². The van der Waals surface area contributed by atoms with Crippen LogP contribution in [-0.2, 0) is 32.1 Å². The minimum absolute atomic E-state index is 0.0213. The minimum atomic E-state index is -1.17. The van der Waals surface area contributed by atoms with E-state index in [1.165, 1.54) is 5.01 Å². The molecule has 9 nitrogen and oxygen atoms in total. The van der Waals surface area contributed by atoms with E-state index < -0.39 is 22.9 Å². The number of likely N-dealkylation sites (tertiary alicyclic amines) is 1. The van der Waals surface area contributed by atoms with Crippen LogP contribution in [0.2, 0.25) is 0 Å².